The summed E-state index contributed by atoms with van der Waals surface area (Å²) < 4.78 is 0. The number of nitrogens with two attached hydrogens (primary N) is 1. The van der Waals surface area contributed by atoms with Gasteiger partial charge in [-0.2, -0.15) is 0 Å². The smallest absolute Gasteiger partial charge is 0.272 e. The van der Waals surface area contributed by atoms with E-state index < -0.39 is 15.5 Å². The molecule has 0 atom stereocenters. The van der Waals surface area contributed by atoms with E-state index in [-0.39, 0.29) is 6.04 Å². The van der Waals surface area contributed by atoms with Crippen LogP contribution in [0.3, 0.4) is 0 Å². The van der Waals surface area contributed by atoms with Crippen molar-refractivity contribution in [2.75, 3.05) is 6.54 Å². The average molecular weight is 165 g/mol. The molecule has 5 N–H and O–H groups in total. The van der Waals surface area contributed by atoms with E-state index in [4.69, 9.17) is 21.1 Å². The standard InChI is InChI=1S/C5H15NO3Si/c6-2-1-3-10-4-5(7,8)9/h7-9H,1-4,6,10H2. The van der Waals surface area contributed by atoms with Gasteiger partial charge in [0.15, 0.2) is 0 Å². The number of hydrogen-bond donors (Lipinski definition) is 4. The molecule has 0 aliphatic carbocycles. The molecule has 0 aromatic carbocycles. The lowest BCUT2D eigenvalue weighted by Gasteiger charge is -2.12. The average Bonchev–Trinajstić information content (AvgIpc) is 1.78. The van der Waals surface area contributed by atoms with Crippen LogP contribution in [-0.4, -0.2) is 37.4 Å². The molecule has 0 aromatic heterocycles. The topological polar surface area (TPSA) is 86.7 Å². The van der Waals surface area contributed by atoms with Crippen LogP contribution in [0.4, 0.5) is 0 Å². The lowest BCUT2D eigenvalue weighted by atomic mass is 10.5. The van der Waals surface area contributed by atoms with Gasteiger partial charge in [0.2, 0.25) is 0 Å². The lowest BCUT2D eigenvalue weighted by Crippen LogP contribution is -2.28. The summed E-state index contributed by atoms with van der Waals surface area (Å²) in [6.07, 6.45) is 0.919. The zero-order chi connectivity index (χ0) is 8.04. The molecular formula is C5H15NO3Si. The molecule has 0 heterocycles. The molecule has 0 aliphatic heterocycles. The van der Waals surface area contributed by atoms with Crippen molar-refractivity contribution in [2.24, 2.45) is 5.73 Å². The largest absolute Gasteiger partial charge is 0.344 e. The van der Waals surface area contributed by atoms with E-state index in [2.05, 4.69) is 0 Å². The Morgan fingerprint density at radius 1 is 1.30 bits per heavy atom. The molecule has 0 radical (unpaired) electrons. The molecule has 0 saturated heterocycles. The Labute approximate surface area is 62.5 Å². The van der Waals surface area contributed by atoms with E-state index in [0.717, 1.165) is 12.5 Å². The number of rotatable bonds is 5. The summed E-state index contributed by atoms with van der Waals surface area (Å²) in [6.45, 7) is 0.641. The minimum atomic E-state index is -2.43. The fourth-order valence-electron chi connectivity index (χ4n) is 0.683. The second-order valence-corrected chi connectivity index (χ2v) is 4.29. The van der Waals surface area contributed by atoms with Crippen LogP contribution in [0.15, 0.2) is 0 Å². The zero-order valence-electron chi connectivity index (χ0n) is 5.95. The van der Waals surface area contributed by atoms with Crippen LogP contribution >= 0.6 is 0 Å². The minimum absolute atomic E-state index is 0.132. The van der Waals surface area contributed by atoms with Crippen LogP contribution in [0.2, 0.25) is 12.1 Å². The molecule has 5 heteroatoms. The van der Waals surface area contributed by atoms with Crippen molar-refractivity contribution < 1.29 is 15.3 Å². The molecule has 0 rings (SSSR count). The monoisotopic (exact) mass is 165 g/mol. The predicted octanol–water partition coefficient (Wildman–Crippen LogP) is -2.03. The van der Waals surface area contributed by atoms with Crippen LogP contribution in [0.1, 0.15) is 6.42 Å². The maximum atomic E-state index is 8.43. The highest BCUT2D eigenvalue weighted by Gasteiger charge is 2.16. The first-order chi connectivity index (χ1) is 4.56. The minimum Gasteiger partial charge on any atom is -0.344 e. The van der Waals surface area contributed by atoms with Gasteiger partial charge < -0.3 is 21.1 Å². The summed E-state index contributed by atoms with van der Waals surface area (Å²) in [4.78, 5) is 0. The summed E-state index contributed by atoms with van der Waals surface area (Å²) in [5.74, 6) is -2.43. The highest BCUT2D eigenvalue weighted by molar-refractivity contribution is 6.35. The first kappa shape index (κ1) is 10.1. The highest BCUT2D eigenvalue weighted by atomic mass is 28.2. The van der Waals surface area contributed by atoms with Gasteiger partial charge in [0.05, 0.1) is 0 Å². The Kier molecular flexibility index (Phi) is 4.84. The van der Waals surface area contributed by atoms with Crippen LogP contribution in [0, 0.1) is 0 Å². The van der Waals surface area contributed by atoms with Gasteiger partial charge in [-0.15, -0.1) is 0 Å². The second kappa shape index (κ2) is 4.81. The van der Waals surface area contributed by atoms with Crippen molar-refractivity contribution in [2.45, 2.75) is 24.5 Å². The van der Waals surface area contributed by atoms with Crippen LogP contribution in [0.25, 0.3) is 0 Å². The molecule has 0 aliphatic rings. The Morgan fingerprint density at radius 3 is 2.30 bits per heavy atom. The molecule has 4 nitrogen and oxygen atoms in total. The summed E-state index contributed by atoms with van der Waals surface area (Å²) >= 11 is 0. The van der Waals surface area contributed by atoms with Crippen molar-refractivity contribution in [3.05, 3.63) is 0 Å². The van der Waals surface area contributed by atoms with E-state index in [0.29, 0.717) is 6.54 Å². The molecule has 0 bridgehead atoms. The Hall–Kier alpha value is 0.0569. The van der Waals surface area contributed by atoms with Crippen LogP contribution < -0.4 is 5.73 Å². The van der Waals surface area contributed by atoms with Gasteiger partial charge in [-0.25, -0.2) is 0 Å². The van der Waals surface area contributed by atoms with E-state index in [9.17, 15) is 0 Å². The van der Waals surface area contributed by atoms with Crippen molar-refractivity contribution in [3.63, 3.8) is 0 Å². The first-order valence-electron chi connectivity index (χ1n) is 3.43. The fourth-order valence-corrected chi connectivity index (χ4v) is 2.05. The number of hydrogen-bond acceptors (Lipinski definition) is 4. The first-order valence-corrected chi connectivity index (χ1v) is 5.43. The molecule has 0 fully saturated rings. The summed E-state index contributed by atoms with van der Waals surface area (Å²) in [5, 5.41) is 25.3. The lowest BCUT2D eigenvalue weighted by molar-refractivity contribution is -0.296. The number of aliphatic hydroxyl groups is 3. The quantitative estimate of drug-likeness (QED) is 0.215. The Morgan fingerprint density at radius 2 is 1.90 bits per heavy atom. The third kappa shape index (κ3) is 8.06. The summed E-state index contributed by atoms with van der Waals surface area (Å²) in [6, 6.07) is 1.09. The van der Waals surface area contributed by atoms with Gasteiger partial charge in [0.25, 0.3) is 5.97 Å². The normalized spacial score (nSPS) is 13.2. The SMILES string of the molecule is NCCC[SiH2]CC(O)(O)O. The van der Waals surface area contributed by atoms with Gasteiger partial charge in [-0.1, -0.05) is 6.04 Å². The highest BCUT2D eigenvalue weighted by Crippen LogP contribution is 2.01. The summed E-state index contributed by atoms with van der Waals surface area (Å²) in [7, 11) is -0.534. The third-order valence-electron chi connectivity index (χ3n) is 1.22. The zero-order valence-corrected chi connectivity index (χ0v) is 7.37. The van der Waals surface area contributed by atoms with E-state index in [1.54, 1.807) is 0 Å². The van der Waals surface area contributed by atoms with Gasteiger partial charge in [0.1, 0.15) is 0 Å². The third-order valence-corrected chi connectivity index (χ3v) is 3.24. The molecular weight excluding hydrogens is 150 g/mol. The van der Waals surface area contributed by atoms with Crippen molar-refractivity contribution in [1.29, 1.82) is 0 Å². The van der Waals surface area contributed by atoms with E-state index in [1.807, 2.05) is 0 Å². The molecule has 0 aromatic rings. The summed E-state index contributed by atoms with van der Waals surface area (Å²) in [5.41, 5.74) is 5.21. The fraction of sp³-hybridized carbons (Fsp3) is 1.00. The Bertz CT molecular complexity index is 83.5. The molecule has 0 amide bonds. The molecule has 0 spiro atoms. The van der Waals surface area contributed by atoms with Gasteiger partial charge in [-0.3, -0.25) is 0 Å². The van der Waals surface area contributed by atoms with Gasteiger partial charge in [-0.05, 0) is 13.0 Å². The van der Waals surface area contributed by atoms with Crippen molar-refractivity contribution in [1.82, 2.24) is 0 Å². The van der Waals surface area contributed by atoms with E-state index in [1.165, 1.54) is 0 Å². The van der Waals surface area contributed by atoms with E-state index >= 15 is 0 Å². The Balaban J connectivity index is 3.04. The maximum Gasteiger partial charge on any atom is 0.272 e. The van der Waals surface area contributed by atoms with Crippen LogP contribution in [0.5, 0.6) is 0 Å². The molecule has 0 saturated carbocycles. The van der Waals surface area contributed by atoms with Gasteiger partial charge in [0, 0.05) is 15.6 Å². The van der Waals surface area contributed by atoms with Gasteiger partial charge >= 0.3 is 0 Å². The van der Waals surface area contributed by atoms with Crippen LogP contribution in [-0.2, 0) is 0 Å². The van der Waals surface area contributed by atoms with Crippen molar-refractivity contribution >= 4 is 9.52 Å². The predicted molar refractivity (Wildman–Crippen MR) is 41.2 cm³/mol. The van der Waals surface area contributed by atoms with Crippen molar-refractivity contribution in [3.8, 4) is 0 Å². The molecule has 62 valence electrons. The maximum absolute atomic E-state index is 8.43. The second-order valence-electron chi connectivity index (χ2n) is 2.37. The molecule has 0 unspecified atom stereocenters. The molecule has 10 heavy (non-hydrogen) atoms.